The maximum Gasteiger partial charge on any atom is 0.181 e. The van der Waals surface area contributed by atoms with Crippen molar-refractivity contribution in [1.82, 2.24) is 4.98 Å². The molecule has 4 heteroatoms. The van der Waals surface area contributed by atoms with Crippen molar-refractivity contribution in [3.8, 4) is 0 Å². The Morgan fingerprint density at radius 3 is 2.31 bits per heavy atom. The molecule has 0 unspecified atom stereocenters. The minimum absolute atomic E-state index is 0.646. The summed E-state index contributed by atoms with van der Waals surface area (Å²) in [5.74, 6) is 0.658. The van der Waals surface area contributed by atoms with Gasteiger partial charge < -0.3 is 5.73 Å². The average molecular weight is 265 g/mol. The molecular formula is C9H17BrN2S. The molecule has 1 rings (SSSR count). The van der Waals surface area contributed by atoms with Crippen LogP contribution in [-0.4, -0.2) is 4.98 Å². The Morgan fingerprint density at radius 1 is 1.46 bits per heavy atom. The molecule has 0 aliphatic heterocycles. The van der Waals surface area contributed by atoms with E-state index in [1.54, 1.807) is 11.3 Å². The Balaban J connectivity index is 0.000000671. The van der Waals surface area contributed by atoms with Crippen LogP contribution in [0, 0.1) is 5.92 Å². The summed E-state index contributed by atoms with van der Waals surface area (Å²) in [5, 5.41) is 0.646. The first-order valence-corrected chi connectivity index (χ1v) is 6.11. The van der Waals surface area contributed by atoms with Gasteiger partial charge in [-0.25, -0.2) is 4.98 Å². The van der Waals surface area contributed by atoms with Crippen LogP contribution in [0.15, 0.2) is 4.60 Å². The SMILES string of the molecule is CC.CC(C)Cc1sc(N)nc1Br. The number of aromatic nitrogens is 1. The summed E-state index contributed by atoms with van der Waals surface area (Å²) in [4.78, 5) is 5.32. The molecule has 0 aliphatic carbocycles. The Kier molecular flexibility index (Phi) is 6.33. The van der Waals surface area contributed by atoms with Gasteiger partial charge >= 0.3 is 0 Å². The zero-order valence-corrected chi connectivity index (χ0v) is 11.0. The van der Waals surface area contributed by atoms with Gasteiger partial charge in [0.05, 0.1) is 0 Å². The smallest absolute Gasteiger partial charge is 0.181 e. The lowest BCUT2D eigenvalue weighted by molar-refractivity contribution is 0.651. The lowest BCUT2D eigenvalue weighted by Gasteiger charge is -1.99. The van der Waals surface area contributed by atoms with E-state index in [0.717, 1.165) is 11.0 Å². The monoisotopic (exact) mass is 264 g/mol. The molecule has 0 bridgehead atoms. The van der Waals surface area contributed by atoms with Gasteiger partial charge in [-0.2, -0.15) is 0 Å². The van der Waals surface area contributed by atoms with E-state index >= 15 is 0 Å². The van der Waals surface area contributed by atoms with Gasteiger partial charge in [-0.05, 0) is 28.3 Å². The molecule has 0 atom stereocenters. The van der Waals surface area contributed by atoms with E-state index in [-0.39, 0.29) is 0 Å². The molecule has 0 radical (unpaired) electrons. The van der Waals surface area contributed by atoms with Crippen molar-refractivity contribution in [2.75, 3.05) is 5.73 Å². The quantitative estimate of drug-likeness (QED) is 0.885. The molecule has 0 aliphatic rings. The van der Waals surface area contributed by atoms with Crippen molar-refractivity contribution < 1.29 is 0 Å². The van der Waals surface area contributed by atoms with Crippen LogP contribution in [0.25, 0.3) is 0 Å². The normalized spacial score (nSPS) is 9.69. The van der Waals surface area contributed by atoms with Gasteiger partial charge in [-0.3, -0.25) is 0 Å². The second kappa shape index (κ2) is 6.38. The Bertz CT molecular complexity index is 246. The number of nitrogens with zero attached hydrogens (tertiary/aromatic N) is 1. The summed E-state index contributed by atoms with van der Waals surface area (Å²) in [6.45, 7) is 8.37. The molecule has 76 valence electrons. The van der Waals surface area contributed by atoms with Crippen molar-refractivity contribution in [2.45, 2.75) is 34.1 Å². The van der Waals surface area contributed by atoms with Gasteiger partial charge in [0.2, 0.25) is 0 Å². The topological polar surface area (TPSA) is 38.9 Å². The summed E-state index contributed by atoms with van der Waals surface area (Å²) < 4.78 is 0.911. The lowest BCUT2D eigenvalue weighted by atomic mass is 10.1. The number of nitrogen functional groups attached to an aromatic ring is 1. The predicted octanol–water partition coefficient (Wildman–Crippen LogP) is 3.71. The molecule has 0 amide bonds. The van der Waals surface area contributed by atoms with E-state index in [1.165, 1.54) is 4.88 Å². The molecule has 13 heavy (non-hydrogen) atoms. The number of hydrogen-bond donors (Lipinski definition) is 1. The maximum atomic E-state index is 5.53. The highest BCUT2D eigenvalue weighted by molar-refractivity contribution is 9.10. The molecular weight excluding hydrogens is 248 g/mol. The van der Waals surface area contributed by atoms with Crippen molar-refractivity contribution in [1.29, 1.82) is 0 Å². The van der Waals surface area contributed by atoms with Crippen LogP contribution in [0.4, 0.5) is 5.13 Å². The second-order valence-electron chi connectivity index (χ2n) is 2.86. The summed E-state index contributed by atoms with van der Waals surface area (Å²) in [7, 11) is 0. The Labute approximate surface area is 92.7 Å². The zero-order chi connectivity index (χ0) is 10.4. The van der Waals surface area contributed by atoms with Gasteiger partial charge in [0.15, 0.2) is 5.13 Å². The largest absolute Gasteiger partial charge is 0.375 e. The zero-order valence-electron chi connectivity index (χ0n) is 8.60. The number of nitrogens with two attached hydrogens (primary N) is 1. The van der Waals surface area contributed by atoms with Crippen LogP contribution < -0.4 is 5.73 Å². The van der Waals surface area contributed by atoms with E-state index in [2.05, 4.69) is 34.8 Å². The molecule has 0 saturated carbocycles. The lowest BCUT2D eigenvalue weighted by Crippen LogP contribution is -1.91. The minimum Gasteiger partial charge on any atom is -0.375 e. The number of hydrogen-bond acceptors (Lipinski definition) is 3. The number of thiazole rings is 1. The highest BCUT2D eigenvalue weighted by atomic mass is 79.9. The molecule has 1 aromatic rings. The molecule has 0 aromatic carbocycles. The second-order valence-corrected chi connectivity index (χ2v) is 4.73. The third kappa shape index (κ3) is 4.62. The van der Waals surface area contributed by atoms with E-state index in [9.17, 15) is 0 Å². The number of rotatable bonds is 2. The third-order valence-corrected chi connectivity index (χ3v) is 3.09. The number of anilines is 1. The van der Waals surface area contributed by atoms with Crippen LogP contribution in [0.5, 0.6) is 0 Å². The van der Waals surface area contributed by atoms with Gasteiger partial charge in [0.1, 0.15) is 4.60 Å². The van der Waals surface area contributed by atoms with E-state index in [1.807, 2.05) is 13.8 Å². The van der Waals surface area contributed by atoms with Crippen LogP contribution >= 0.6 is 27.3 Å². The first kappa shape index (κ1) is 12.9. The highest BCUT2D eigenvalue weighted by Crippen LogP contribution is 2.27. The maximum absolute atomic E-state index is 5.53. The van der Waals surface area contributed by atoms with Crippen molar-refractivity contribution >= 4 is 32.4 Å². The van der Waals surface area contributed by atoms with Gasteiger partial charge in [-0.15, -0.1) is 11.3 Å². The minimum atomic E-state index is 0.646. The molecule has 0 fully saturated rings. The summed E-state index contributed by atoms with van der Waals surface area (Å²) >= 11 is 4.93. The fraction of sp³-hybridized carbons (Fsp3) is 0.667. The van der Waals surface area contributed by atoms with Crippen molar-refractivity contribution in [3.63, 3.8) is 0 Å². The first-order valence-electron chi connectivity index (χ1n) is 4.50. The standard InChI is InChI=1S/C7H11BrN2S.C2H6/c1-4(2)3-5-6(8)10-7(9)11-5;1-2/h4H,3H2,1-2H3,(H2,9,10);1-2H3. The molecule has 0 spiro atoms. The molecule has 1 heterocycles. The van der Waals surface area contributed by atoms with Crippen molar-refractivity contribution in [2.24, 2.45) is 5.92 Å². The molecule has 2 N–H and O–H groups in total. The van der Waals surface area contributed by atoms with Gasteiger partial charge in [0, 0.05) is 4.88 Å². The Hall–Kier alpha value is -0.0900. The molecule has 1 aromatic heterocycles. The average Bonchev–Trinajstić information content (AvgIpc) is 2.33. The summed E-state index contributed by atoms with van der Waals surface area (Å²) in [6.07, 6.45) is 1.05. The van der Waals surface area contributed by atoms with Gasteiger partial charge in [0.25, 0.3) is 0 Å². The van der Waals surface area contributed by atoms with Gasteiger partial charge in [-0.1, -0.05) is 27.7 Å². The predicted molar refractivity (Wildman–Crippen MR) is 64.1 cm³/mol. The van der Waals surface area contributed by atoms with Crippen LogP contribution in [0.3, 0.4) is 0 Å². The molecule has 2 nitrogen and oxygen atoms in total. The van der Waals surface area contributed by atoms with E-state index < -0.39 is 0 Å². The fourth-order valence-electron chi connectivity index (χ4n) is 0.847. The van der Waals surface area contributed by atoms with Crippen LogP contribution in [0.1, 0.15) is 32.6 Å². The highest BCUT2D eigenvalue weighted by Gasteiger charge is 2.07. The van der Waals surface area contributed by atoms with E-state index in [0.29, 0.717) is 11.0 Å². The van der Waals surface area contributed by atoms with Crippen LogP contribution in [-0.2, 0) is 6.42 Å². The third-order valence-electron chi connectivity index (χ3n) is 1.26. The summed E-state index contributed by atoms with van der Waals surface area (Å²) in [6, 6.07) is 0. The Morgan fingerprint density at radius 2 is 2.00 bits per heavy atom. The summed E-state index contributed by atoms with van der Waals surface area (Å²) in [5.41, 5.74) is 5.53. The van der Waals surface area contributed by atoms with Crippen LogP contribution in [0.2, 0.25) is 0 Å². The first-order chi connectivity index (χ1) is 6.09. The van der Waals surface area contributed by atoms with E-state index in [4.69, 9.17) is 5.73 Å². The van der Waals surface area contributed by atoms with Crippen molar-refractivity contribution in [3.05, 3.63) is 9.48 Å². The molecule has 0 saturated heterocycles. The fourth-order valence-corrected chi connectivity index (χ4v) is 2.50. The number of halogens is 1.